The van der Waals surface area contributed by atoms with E-state index >= 15 is 0 Å². The molecule has 0 aromatic carbocycles. The Hall–Kier alpha value is -0.120. The van der Waals surface area contributed by atoms with Gasteiger partial charge in [0.25, 0.3) is 0 Å². The summed E-state index contributed by atoms with van der Waals surface area (Å²) in [5, 5.41) is 9.64. The quantitative estimate of drug-likeness (QED) is 0.725. The Morgan fingerprint density at radius 1 is 1.31 bits per heavy atom. The predicted octanol–water partition coefficient (Wildman–Crippen LogP) is 2.04. The largest absolute Gasteiger partial charge is 0.393 e. The molecule has 0 heterocycles. The fraction of sp³-hybridized carbons (Fsp3) is 1.00. The van der Waals surface area contributed by atoms with E-state index in [1.54, 1.807) is 7.11 Å². The van der Waals surface area contributed by atoms with Gasteiger partial charge in [0, 0.05) is 25.7 Å². The second-order valence-electron chi connectivity index (χ2n) is 4.82. The van der Waals surface area contributed by atoms with Crippen molar-refractivity contribution in [3.05, 3.63) is 0 Å². The Labute approximate surface area is 99.8 Å². The minimum atomic E-state index is -0.0793. The third kappa shape index (κ3) is 3.72. The van der Waals surface area contributed by atoms with E-state index in [0.717, 1.165) is 32.4 Å². The molecular weight excluding hydrogens is 202 g/mol. The lowest BCUT2D eigenvalue weighted by Gasteiger charge is -2.35. The van der Waals surface area contributed by atoms with Crippen LogP contribution in [-0.2, 0) is 4.74 Å². The number of hydrogen-bond acceptors (Lipinski definition) is 3. The summed E-state index contributed by atoms with van der Waals surface area (Å²) in [6.07, 6.45) is 5.35. The van der Waals surface area contributed by atoms with E-state index < -0.39 is 0 Å². The molecule has 1 saturated carbocycles. The lowest BCUT2D eigenvalue weighted by molar-refractivity contribution is 0.0737. The van der Waals surface area contributed by atoms with Crippen LogP contribution in [0.25, 0.3) is 0 Å². The average Bonchev–Trinajstić information content (AvgIpc) is 2.71. The first kappa shape index (κ1) is 13.9. The van der Waals surface area contributed by atoms with Crippen molar-refractivity contribution in [2.75, 3.05) is 20.3 Å². The minimum Gasteiger partial charge on any atom is -0.393 e. The molecule has 0 amide bonds. The van der Waals surface area contributed by atoms with Crippen LogP contribution in [0.5, 0.6) is 0 Å². The van der Waals surface area contributed by atoms with Gasteiger partial charge in [-0.3, -0.25) is 4.90 Å². The molecular formula is C13H27NO2. The zero-order valence-electron chi connectivity index (χ0n) is 11.0. The van der Waals surface area contributed by atoms with E-state index in [1.165, 1.54) is 12.8 Å². The molecule has 16 heavy (non-hydrogen) atoms. The van der Waals surface area contributed by atoms with Gasteiger partial charge in [-0.1, -0.05) is 13.8 Å². The lowest BCUT2D eigenvalue weighted by Crippen LogP contribution is -2.43. The number of aliphatic hydroxyl groups excluding tert-OH is 1. The molecule has 0 saturated heterocycles. The first-order valence-corrected chi connectivity index (χ1v) is 6.65. The lowest BCUT2D eigenvalue weighted by atomic mass is 10.1. The van der Waals surface area contributed by atoms with Crippen molar-refractivity contribution in [2.24, 2.45) is 0 Å². The van der Waals surface area contributed by atoms with Crippen molar-refractivity contribution in [3.8, 4) is 0 Å². The van der Waals surface area contributed by atoms with Crippen molar-refractivity contribution in [3.63, 3.8) is 0 Å². The molecule has 1 aliphatic rings. The smallest absolute Gasteiger partial charge is 0.0589 e. The molecule has 1 aliphatic carbocycles. The molecule has 0 radical (unpaired) electrons. The molecule has 1 rings (SSSR count). The molecule has 0 aromatic heterocycles. The van der Waals surface area contributed by atoms with Gasteiger partial charge in [0.15, 0.2) is 0 Å². The van der Waals surface area contributed by atoms with Gasteiger partial charge in [0.1, 0.15) is 0 Å². The van der Waals surface area contributed by atoms with Gasteiger partial charge in [-0.25, -0.2) is 0 Å². The summed E-state index contributed by atoms with van der Waals surface area (Å²) in [5.41, 5.74) is 0. The molecule has 3 heteroatoms. The maximum atomic E-state index is 9.64. The topological polar surface area (TPSA) is 32.7 Å². The van der Waals surface area contributed by atoms with Crippen LogP contribution in [0, 0.1) is 0 Å². The van der Waals surface area contributed by atoms with Crippen molar-refractivity contribution in [1.82, 2.24) is 4.90 Å². The monoisotopic (exact) mass is 229 g/mol. The molecule has 2 atom stereocenters. The molecule has 0 spiro atoms. The van der Waals surface area contributed by atoms with Crippen molar-refractivity contribution in [2.45, 2.75) is 64.1 Å². The van der Waals surface area contributed by atoms with Gasteiger partial charge in [0.2, 0.25) is 0 Å². The van der Waals surface area contributed by atoms with Crippen LogP contribution in [0.15, 0.2) is 0 Å². The van der Waals surface area contributed by atoms with E-state index in [-0.39, 0.29) is 6.10 Å². The first-order chi connectivity index (χ1) is 7.72. The van der Waals surface area contributed by atoms with Crippen molar-refractivity contribution >= 4 is 0 Å². The third-order valence-electron chi connectivity index (χ3n) is 3.81. The van der Waals surface area contributed by atoms with Gasteiger partial charge in [0.05, 0.1) is 12.7 Å². The van der Waals surface area contributed by atoms with Crippen LogP contribution in [0.1, 0.15) is 46.0 Å². The van der Waals surface area contributed by atoms with Gasteiger partial charge in [-0.2, -0.15) is 0 Å². The zero-order valence-corrected chi connectivity index (χ0v) is 11.0. The Kier molecular flexibility index (Phi) is 6.32. The van der Waals surface area contributed by atoms with E-state index in [4.69, 9.17) is 4.74 Å². The zero-order chi connectivity index (χ0) is 12.0. The molecule has 0 aromatic rings. The van der Waals surface area contributed by atoms with Crippen LogP contribution < -0.4 is 0 Å². The molecule has 1 fully saturated rings. The third-order valence-corrected chi connectivity index (χ3v) is 3.81. The maximum Gasteiger partial charge on any atom is 0.0589 e. The van der Waals surface area contributed by atoms with Crippen LogP contribution in [0.3, 0.4) is 0 Å². The number of nitrogens with zero attached hydrogens (tertiary/aromatic N) is 1. The van der Waals surface area contributed by atoms with Crippen LogP contribution >= 0.6 is 0 Å². The highest BCUT2D eigenvalue weighted by Crippen LogP contribution is 2.27. The summed E-state index contributed by atoms with van der Waals surface area (Å²) in [5.74, 6) is 0. The van der Waals surface area contributed by atoms with Crippen LogP contribution in [0.2, 0.25) is 0 Å². The fourth-order valence-corrected chi connectivity index (χ4v) is 2.85. The van der Waals surface area contributed by atoms with Gasteiger partial charge >= 0.3 is 0 Å². The summed E-state index contributed by atoms with van der Waals surface area (Å²) in [7, 11) is 1.76. The standard InChI is InChI=1S/C13H27NO2/c1-4-11(5-2)14(8-9-16-3)12-6-7-13(15)10-12/h11-13,15H,4-10H2,1-3H3. The van der Waals surface area contributed by atoms with Crippen LogP contribution in [0.4, 0.5) is 0 Å². The second kappa shape index (κ2) is 7.25. The fourth-order valence-electron chi connectivity index (χ4n) is 2.85. The highest BCUT2D eigenvalue weighted by Gasteiger charge is 2.30. The normalized spacial score (nSPS) is 25.9. The Morgan fingerprint density at radius 2 is 2.00 bits per heavy atom. The van der Waals surface area contributed by atoms with Gasteiger partial charge in [-0.15, -0.1) is 0 Å². The minimum absolute atomic E-state index is 0.0793. The first-order valence-electron chi connectivity index (χ1n) is 6.65. The number of ether oxygens (including phenoxy) is 1. The average molecular weight is 229 g/mol. The maximum absolute atomic E-state index is 9.64. The van der Waals surface area contributed by atoms with E-state index in [9.17, 15) is 5.11 Å². The molecule has 2 unspecified atom stereocenters. The SMILES string of the molecule is CCC(CC)N(CCOC)C1CCC(O)C1. The Bertz CT molecular complexity index is 183. The Balaban J connectivity index is 2.54. The van der Waals surface area contributed by atoms with Gasteiger partial charge < -0.3 is 9.84 Å². The molecule has 0 aliphatic heterocycles. The summed E-state index contributed by atoms with van der Waals surface area (Å²) < 4.78 is 5.19. The van der Waals surface area contributed by atoms with Crippen molar-refractivity contribution in [1.29, 1.82) is 0 Å². The molecule has 3 nitrogen and oxygen atoms in total. The van der Waals surface area contributed by atoms with Crippen LogP contribution in [-0.4, -0.2) is 48.5 Å². The second-order valence-corrected chi connectivity index (χ2v) is 4.82. The number of rotatable bonds is 7. The van der Waals surface area contributed by atoms with Crippen molar-refractivity contribution < 1.29 is 9.84 Å². The summed E-state index contributed by atoms with van der Waals surface area (Å²) in [6.45, 7) is 6.29. The summed E-state index contributed by atoms with van der Waals surface area (Å²) >= 11 is 0. The highest BCUT2D eigenvalue weighted by atomic mass is 16.5. The van der Waals surface area contributed by atoms with E-state index in [0.29, 0.717) is 12.1 Å². The van der Waals surface area contributed by atoms with E-state index in [1.807, 2.05) is 0 Å². The summed E-state index contributed by atoms with van der Waals surface area (Å²) in [6, 6.07) is 1.21. The highest BCUT2D eigenvalue weighted by molar-refractivity contribution is 4.85. The van der Waals surface area contributed by atoms with Gasteiger partial charge in [-0.05, 0) is 32.1 Å². The molecule has 96 valence electrons. The predicted molar refractivity (Wildman–Crippen MR) is 66.6 cm³/mol. The number of hydrogen-bond donors (Lipinski definition) is 1. The number of methoxy groups -OCH3 is 1. The number of aliphatic hydroxyl groups is 1. The Morgan fingerprint density at radius 3 is 2.44 bits per heavy atom. The van der Waals surface area contributed by atoms with E-state index in [2.05, 4.69) is 18.7 Å². The summed E-state index contributed by atoms with van der Waals surface area (Å²) in [4.78, 5) is 2.56. The molecule has 1 N–H and O–H groups in total. The molecule has 0 bridgehead atoms.